The first-order valence-electron chi connectivity index (χ1n) is 8.64. The van der Waals surface area contributed by atoms with Gasteiger partial charge in [-0.25, -0.2) is 9.67 Å². The third kappa shape index (κ3) is 2.19. The van der Waals surface area contributed by atoms with Gasteiger partial charge in [0.25, 0.3) is 0 Å². The minimum atomic E-state index is 0.279. The molecule has 4 aromatic rings. The monoisotopic (exact) mass is 330 g/mol. The number of hydrogen-bond acceptors (Lipinski definition) is 4. The molecule has 2 heterocycles. The van der Waals surface area contributed by atoms with E-state index in [2.05, 4.69) is 48.4 Å². The average molecular weight is 330 g/mol. The molecule has 0 bridgehead atoms. The van der Waals surface area contributed by atoms with Gasteiger partial charge in [-0.05, 0) is 44.0 Å². The number of benzene rings is 2. The van der Waals surface area contributed by atoms with Crippen molar-refractivity contribution in [1.82, 2.24) is 20.0 Å². The summed E-state index contributed by atoms with van der Waals surface area (Å²) in [5, 5.41) is 8.53. The molecule has 124 valence electrons. The second-order valence-corrected chi connectivity index (χ2v) is 6.78. The van der Waals surface area contributed by atoms with Crippen molar-refractivity contribution in [1.29, 1.82) is 0 Å². The van der Waals surface area contributed by atoms with E-state index < -0.39 is 0 Å². The van der Waals surface area contributed by atoms with Gasteiger partial charge in [0.2, 0.25) is 5.89 Å². The van der Waals surface area contributed by atoms with E-state index in [0.29, 0.717) is 5.89 Å². The third-order valence-electron chi connectivity index (χ3n) is 4.80. The van der Waals surface area contributed by atoms with Crippen molar-refractivity contribution < 1.29 is 4.42 Å². The van der Waals surface area contributed by atoms with Gasteiger partial charge < -0.3 is 4.42 Å². The molecule has 5 nitrogen and oxygen atoms in total. The molecule has 0 amide bonds. The number of nitrogens with zero attached hydrogens (tertiary/aromatic N) is 4. The van der Waals surface area contributed by atoms with Crippen molar-refractivity contribution in [2.45, 2.75) is 32.7 Å². The van der Waals surface area contributed by atoms with E-state index in [1.807, 2.05) is 22.9 Å². The number of aryl methyl sites for hydroxylation is 2. The van der Waals surface area contributed by atoms with Crippen LogP contribution in [0.25, 0.3) is 33.7 Å². The maximum atomic E-state index is 6.09. The lowest BCUT2D eigenvalue weighted by Crippen LogP contribution is -2.02. The van der Waals surface area contributed by atoms with Gasteiger partial charge in [0.1, 0.15) is 17.0 Å². The van der Waals surface area contributed by atoms with E-state index >= 15 is 0 Å². The lowest BCUT2D eigenvalue weighted by Gasteiger charge is -2.12. The lowest BCUT2D eigenvalue weighted by atomic mass is 9.93. The Balaban J connectivity index is 1.61. The maximum absolute atomic E-state index is 6.09. The Labute approximate surface area is 145 Å². The molecular weight excluding hydrogens is 312 g/mol. The van der Waals surface area contributed by atoms with E-state index in [4.69, 9.17) is 9.40 Å². The molecule has 0 N–H and O–H groups in total. The zero-order valence-corrected chi connectivity index (χ0v) is 14.2. The molecule has 1 aliphatic carbocycles. The molecule has 5 rings (SSSR count). The fourth-order valence-electron chi connectivity index (χ4n) is 3.53. The SMILES string of the molecule is CC(C)n1nnc2cc(-c3nc4c(o3)CCc3ccccc3-4)ccc21. The predicted octanol–water partition coefficient (Wildman–Crippen LogP) is 4.43. The van der Waals surface area contributed by atoms with Crippen molar-refractivity contribution in [3.8, 4) is 22.7 Å². The highest BCUT2D eigenvalue weighted by molar-refractivity contribution is 5.80. The molecule has 2 aromatic carbocycles. The molecule has 0 fully saturated rings. The summed E-state index contributed by atoms with van der Waals surface area (Å²) in [7, 11) is 0. The van der Waals surface area contributed by atoms with Gasteiger partial charge >= 0.3 is 0 Å². The minimum absolute atomic E-state index is 0.279. The van der Waals surface area contributed by atoms with Crippen LogP contribution in [0.2, 0.25) is 0 Å². The van der Waals surface area contributed by atoms with Crippen LogP contribution in [0.4, 0.5) is 0 Å². The van der Waals surface area contributed by atoms with Crippen LogP contribution >= 0.6 is 0 Å². The highest BCUT2D eigenvalue weighted by Gasteiger charge is 2.23. The number of hydrogen-bond donors (Lipinski definition) is 0. The highest BCUT2D eigenvalue weighted by atomic mass is 16.4. The van der Waals surface area contributed by atoms with Crippen LogP contribution in [0.5, 0.6) is 0 Å². The second-order valence-electron chi connectivity index (χ2n) is 6.78. The van der Waals surface area contributed by atoms with Crippen molar-refractivity contribution >= 4 is 11.0 Å². The van der Waals surface area contributed by atoms with E-state index in [1.54, 1.807) is 0 Å². The molecule has 0 unspecified atom stereocenters. The molecule has 0 saturated carbocycles. The fraction of sp³-hybridized carbons (Fsp3) is 0.250. The summed E-state index contributed by atoms with van der Waals surface area (Å²) in [4.78, 5) is 4.79. The van der Waals surface area contributed by atoms with Gasteiger partial charge in [0, 0.05) is 23.6 Å². The van der Waals surface area contributed by atoms with Crippen LogP contribution in [0.3, 0.4) is 0 Å². The molecule has 5 heteroatoms. The summed E-state index contributed by atoms with van der Waals surface area (Å²) >= 11 is 0. The highest BCUT2D eigenvalue weighted by Crippen LogP contribution is 2.36. The van der Waals surface area contributed by atoms with Crippen LogP contribution in [0.15, 0.2) is 46.9 Å². The van der Waals surface area contributed by atoms with E-state index in [0.717, 1.165) is 40.9 Å². The van der Waals surface area contributed by atoms with E-state index in [9.17, 15) is 0 Å². The molecule has 0 spiro atoms. The Morgan fingerprint density at radius 1 is 1.08 bits per heavy atom. The number of rotatable bonds is 2. The van der Waals surface area contributed by atoms with E-state index in [1.165, 1.54) is 11.1 Å². The smallest absolute Gasteiger partial charge is 0.226 e. The molecule has 1 aliphatic rings. The Morgan fingerprint density at radius 3 is 2.84 bits per heavy atom. The maximum Gasteiger partial charge on any atom is 0.226 e. The Hall–Kier alpha value is -2.95. The second kappa shape index (κ2) is 5.28. The van der Waals surface area contributed by atoms with Crippen LogP contribution < -0.4 is 0 Å². The molecular formula is C20H18N4O. The normalized spacial score (nSPS) is 13.2. The molecule has 0 saturated heterocycles. The summed E-state index contributed by atoms with van der Waals surface area (Å²) in [6.45, 7) is 4.20. The first-order chi connectivity index (χ1) is 12.2. The number of aromatic nitrogens is 4. The molecule has 25 heavy (non-hydrogen) atoms. The van der Waals surface area contributed by atoms with E-state index in [-0.39, 0.29) is 6.04 Å². The van der Waals surface area contributed by atoms with Crippen LogP contribution in [-0.4, -0.2) is 20.0 Å². The van der Waals surface area contributed by atoms with Crippen LogP contribution in [0.1, 0.15) is 31.2 Å². The Kier molecular flexibility index (Phi) is 3.04. The van der Waals surface area contributed by atoms with Crippen molar-refractivity contribution in [2.24, 2.45) is 0 Å². The summed E-state index contributed by atoms with van der Waals surface area (Å²) in [5.74, 6) is 1.63. The summed E-state index contributed by atoms with van der Waals surface area (Å²) < 4.78 is 8.01. The average Bonchev–Trinajstić information content (AvgIpc) is 3.25. The minimum Gasteiger partial charge on any atom is -0.440 e. The van der Waals surface area contributed by atoms with Gasteiger partial charge in [-0.3, -0.25) is 0 Å². The van der Waals surface area contributed by atoms with Gasteiger partial charge in [-0.15, -0.1) is 5.10 Å². The van der Waals surface area contributed by atoms with Crippen molar-refractivity contribution in [3.05, 3.63) is 53.8 Å². The first-order valence-corrected chi connectivity index (χ1v) is 8.64. The molecule has 0 atom stereocenters. The zero-order chi connectivity index (χ0) is 17.0. The Bertz CT molecular complexity index is 1090. The van der Waals surface area contributed by atoms with Crippen LogP contribution in [-0.2, 0) is 12.8 Å². The van der Waals surface area contributed by atoms with Crippen LogP contribution in [0, 0.1) is 0 Å². The van der Waals surface area contributed by atoms with Gasteiger partial charge in [-0.2, -0.15) is 0 Å². The largest absolute Gasteiger partial charge is 0.440 e. The number of oxazole rings is 1. The standard InChI is InChI=1S/C20H18N4O/c1-12(2)24-17-9-7-14(11-16(17)22-23-24)20-21-19-15-6-4-3-5-13(15)8-10-18(19)25-20/h3-7,9,11-12H,8,10H2,1-2H3. The Morgan fingerprint density at radius 2 is 1.96 bits per heavy atom. The van der Waals surface area contributed by atoms with Gasteiger partial charge in [0.05, 0.1) is 5.52 Å². The quantitative estimate of drug-likeness (QED) is 0.545. The predicted molar refractivity (Wildman–Crippen MR) is 96.3 cm³/mol. The fourth-order valence-corrected chi connectivity index (χ4v) is 3.53. The summed E-state index contributed by atoms with van der Waals surface area (Å²) in [6, 6.07) is 14.8. The topological polar surface area (TPSA) is 56.7 Å². The zero-order valence-electron chi connectivity index (χ0n) is 14.2. The lowest BCUT2D eigenvalue weighted by molar-refractivity contribution is 0.516. The third-order valence-corrected chi connectivity index (χ3v) is 4.80. The van der Waals surface area contributed by atoms with Crippen molar-refractivity contribution in [2.75, 3.05) is 0 Å². The first kappa shape index (κ1) is 14.4. The summed E-state index contributed by atoms with van der Waals surface area (Å²) in [6.07, 6.45) is 1.89. The van der Waals surface area contributed by atoms with Crippen molar-refractivity contribution in [3.63, 3.8) is 0 Å². The van der Waals surface area contributed by atoms with Gasteiger partial charge in [-0.1, -0.05) is 29.5 Å². The molecule has 2 aromatic heterocycles. The molecule has 0 radical (unpaired) electrons. The number of fused-ring (bicyclic) bond motifs is 4. The van der Waals surface area contributed by atoms with Gasteiger partial charge in [0.15, 0.2) is 0 Å². The summed E-state index contributed by atoms with van der Waals surface area (Å²) in [5.41, 5.74) is 6.33. The molecule has 0 aliphatic heterocycles.